The Labute approximate surface area is 190 Å². The summed E-state index contributed by atoms with van der Waals surface area (Å²) in [6, 6.07) is 0.432. The molecule has 0 aromatic heterocycles. The smallest absolute Gasteiger partial charge is 0.233 e. The molecule has 0 aromatic rings. The molecule has 2 aliphatic carbocycles. The summed E-state index contributed by atoms with van der Waals surface area (Å²) >= 11 is 0. The van der Waals surface area contributed by atoms with Gasteiger partial charge in [-0.3, -0.25) is 24.4 Å². The molecule has 2 bridgehead atoms. The summed E-state index contributed by atoms with van der Waals surface area (Å²) < 4.78 is 0. The lowest BCUT2D eigenvalue weighted by atomic mass is 9.85. The summed E-state index contributed by atoms with van der Waals surface area (Å²) in [5.74, 6) is 1.06. The standard InChI is InChI=1S/C20H32N6O2.HI/c1-21-20(23-11-15-12-24(2)8-9-25(15)3)22-6-7-26-18(27)16-13-4-5-14(10-13)17(16)19(26)28;/h4-5,13-17H,6-12H2,1-3H3,(H2,21,22,23);1H. The minimum absolute atomic E-state index is 0. The lowest BCUT2D eigenvalue weighted by Crippen LogP contribution is -2.55. The first-order valence-electron chi connectivity index (χ1n) is 10.4. The van der Waals surface area contributed by atoms with Crippen molar-refractivity contribution in [2.45, 2.75) is 12.5 Å². The van der Waals surface area contributed by atoms with Gasteiger partial charge in [-0.15, -0.1) is 24.0 Å². The molecule has 1 saturated carbocycles. The van der Waals surface area contributed by atoms with Crippen LogP contribution in [0.3, 0.4) is 0 Å². The number of piperazine rings is 1. The number of amides is 2. The highest BCUT2D eigenvalue weighted by Gasteiger charge is 2.58. The van der Waals surface area contributed by atoms with Gasteiger partial charge in [0.1, 0.15) is 0 Å². The Bertz CT molecular complexity index is 668. The van der Waals surface area contributed by atoms with E-state index in [2.05, 4.69) is 51.7 Å². The molecule has 5 unspecified atom stereocenters. The number of allylic oxidation sites excluding steroid dienone is 2. The second-order valence-electron chi connectivity index (χ2n) is 8.60. The Kier molecular flexibility index (Phi) is 7.21. The molecule has 162 valence electrons. The first-order valence-corrected chi connectivity index (χ1v) is 10.4. The molecule has 0 aromatic carbocycles. The summed E-state index contributed by atoms with van der Waals surface area (Å²) in [7, 11) is 6.04. The van der Waals surface area contributed by atoms with Gasteiger partial charge in [-0.2, -0.15) is 0 Å². The topological polar surface area (TPSA) is 80.3 Å². The number of nitrogens with zero attached hydrogens (tertiary/aromatic N) is 4. The van der Waals surface area contributed by atoms with Gasteiger partial charge in [-0.25, -0.2) is 0 Å². The lowest BCUT2D eigenvalue weighted by Gasteiger charge is -2.37. The van der Waals surface area contributed by atoms with Crippen molar-refractivity contribution in [3.8, 4) is 0 Å². The third-order valence-corrected chi connectivity index (χ3v) is 6.90. The van der Waals surface area contributed by atoms with Crippen LogP contribution in [0.1, 0.15) is 6.42 Å². The van der Waals surface area contributed by atoms with E-state index in [9.17, 15) is 9.59 Å². The van der Waals surface area contributed by atoms with Gasteiger partial charge < -0.3 is 15.5 Å². The predicted molar refractivity (Wildman–Crippen MR) is 123 cm³/mol. The first-order chi connectivity index (χ1) is 13.5. The SMILES string of the molecule is CN=C(NCCN1C(=O)C2C3C=CC(C3)C2C1=O)NCC1CN(C)CCN1C.I. The van der Waals surface area contributed by atoms with E-state index in [0.717, 1.165) is 32.6 Å². The number of hydrogen-bond acceptors (Lipinski definition) is 5. The number of imide groups is 1. The van der Waals surface area contributed by atoms with E-state index in [1.165, 1.54) is 4.90 Å². The number of aliphatic imine (C=N–C) groups is 1. The largest absolute Gasteiger partial charge is 0.355 e. The van der Waals surface area contributed by atoms with Crippen molar-refractivity contribution >= 4 is 41.8 Å². The quantitative estimate of drug-likeness (QED) is 0.174. The number of fused-ring (bicyclic) bond motifs is 5. The highest BCUT2D eigenvalue weighted by Crippen LogP contribution is 2.52. The van der Waals surface area contributed by atoms with Crippen LogP contribution in [-0.2, 0) is 9.59 Å². The second-order valence-corrected chi connectivity index (χ2v) is 8.60. The molecule has 4 aliphatic rings. The Morgan fingerprint density at radius 2 is 1.76 bits per heavy atom. The first kappa shape index (κ1) is 22.5. The summed E-state index contributed by atoms with van der Waals surface area (Å²) in [5.41, 5.74) is 0. The van der Waals surface area contributed by atoms with Gasteiger partial charge in [0.25, 0.3) is 0 Å². The fraction of sp³-hybridized carbons (Fsp3) is 0.750. The maximum Gasteiger partial charge on any atom is 0.233 e. The van der Waals surface area contributed by atoms with E-state index in [4.69, 9.17) is 0 Å². The molecular formula is C20H33IN6O2. The van der Waals surface area contributed by atoms with Crippen molar-refractivity contribution in [2.75, 3.05) is 60.4 Å². The molecule has 8 nitrogen and oxygen atoms in total. The zero-order valence-electron chi connectivity index (χ0n) is 17.5. The number of guanidine groups is 1. The van der Waals surface area contributed by atoms with E-state index >= 15 is 0 Å². The summed E-state index contributed by atoms with van der Waals surface area (Å²) in [5, 5.41) is 6.63. The Balaban J connectivity index is 0.00000240. The highest BCUT2D eigenvalue weighted by molar-refractivity contribution is 14.0. The number of likely N-dealkylation sites (tertiary alicyclic amines) is 1. The number of hydrogen-bond donors (Lipinski definition) is 2. The van der Waals surface area contributed by atoms with Crippen molar-refractivity contribution < 1.29 is 9.59 Å². The van der Waals surface area contributed by atoms with E-state index in [1.807, 2.05) is 0 Å². The van der Waals surface area contributed by atoms with Crippen LogP contribution < -0.4 is 10.6 Å². The normalized spacial score (nSPS) is 34.5. The molecule has 2 N–H and O–H groups in total. The average Bonchev–Trinajstić information content (AvgIpc) is 3.36. The maximum atomic E-state index is 12.7. The van der Waals surface area contributed by atoms with Crippen LogP contribution >= 0.6 is 24.0 Å². The Morgan fingerprint density at radius 1 is 1.10 bits per heavy atom. The van der Waals surface area contributed by atoms with Crippen LogP contribution in [0.15, 0.2) is 17.1 Å². The van der Waals surface area contributed by atoms with Gasteiger partial charge >= 0.3 is 0 Å². The van der Waals surface area contributed by atoms with E-state index in [-0.39, 0.29) is 59.5 Å². The van der Waals surface area contributed by atoms with E-state index < -0.39 is 0 Å². The summed E-state index contributed by atoms with van der Waals surface area (Å²) in [6.45, 7) is 4.90. The molecular weight excluding hydrogens is 483 g/mol. The number of rotatable bonds is 5. The summed E-state index contributed by atoms with van der Waals surface area (Å²) in [4.78, 5) is 35.9. The van der Waals surface area contributed by atoms with Crippen molar-refractivity contribution in [3.05, 3.63) is 12.2 Å². The number of halogens is 1. The molecule has 4 rings (SSSR count). The number of carbonyl (C=O) groups is 2. The van der Waals surface area contributed by atoms with Crippen LogP contribution in [-0.4, -0.2) is 98.9 Å². The van der Waals surface area contributed by atoms with Gasteiger partial charge in [0, 0.05) is 52.4 Å². The highest BCUT2D eigenvalue weighted by atomic mass is 127. The Morgan fingerprint density at radius 3 is 2.38 bits per heavy atom. The zero-order chi connectivity index (χ0) is 19.8. The van der Waals surface area contributed by atoms with Crippen molar-refractivity contribution in [1.82, 2.24) is 25.3 Å². The van der Waals surface area contributed by atoms with Crippen LogP contribution in [0.25, 0.3) is 0 Å². The molecule has 2 saturated heterocycles. The van der Waals surface area contributed by atoms with Gasteiger partial charge in [0.2, 0.25) is 11.8 Å². The van der Waals surface area contributed by atoms with Crippen LogP contribution in [0, 0.1) is 23.7 Å². The minimum Gasteiger partial charge on any atom is -0.355 e. The third kappa shape index (κ3) is 4.32. The molecule has 9 heteroatoms. The second kappa shape index (κ2) is 9.30. The number of nitrogens with one attached hydrogen (secondary N) is 2. The maximum absolute atomic E-state index is 12.7. The monoisotopic (exact) mass is 516 g/mol. The molecule has 5 atom stereocenters. The molecule has 0 spiro atoms. The van der Waals surface area contributed by atoms with Gasteiger partial charge in [0.05, 0.1) is 11.8 Å². The Hall–Kier alpha value is -1.20. The van der Waals surface area contributed by atoms with Gasteiger partial charge in [0.15, 0.2) is 5.96 Å². The van der Waals surface area contributed by atoms with Crippen LogP contribution in [0.4, 0.5) is 0 Å². The molecule has 2 amide bonds. The van der Waals surface area contributed by atoms with Gasteiger partial charge in [-0.1, -0.05) is 12.2 Å². The minimum atomic E-state index is -0.112. The van der Waals surface area contributed by atoms with Crippen LogP contribution in [0.2, 0.25) is 0 Å². The van der Waals surface area contributed by atoms with Crippen molar-refractivity contribution in [2.24, 2.45) is 28.7 Å². The molecule has 0 radical (unpaired) electrons. The fourth-order valence-electron chi connectivity index (χ4n) is 5.23. The van der Waals surface area contributed by atoms with Crippen molar-refractivity contribution in [3.63, 3.8) is 0 Å². The third-order valence-electron chi connectivity index (χ3n) is 6.90. The lowest BCUT2D eigenvalue weighted by molar-refractivity contribution is -0.140. The molecule has 29 heavy (non-hydrogen) atoms. The van der Waals surface area contributed by atoms with E-state index in [0.29, 0.717) is 25.1 Å². The molecule has 3 fully saturated rings. The number of carbonyl (C=O) groups excluding carboxylic acids is 2. The number of likely N-dealkylation sites (N-methyl/N-ethyl adjacent to an activating group) is 2. The molecule has 2 aliphatic heterocycles. The fourth-order valence-corrected chi connectivity index (χ4v) is 5.23. The van der Waals surface area contributed by atoms with Gasteiger partial charge in [-0.05, 0) is 32.4 Å². The predicted octanol–water partition coefficient (Wildman–Crippen LogP) is -0.178. The van der Waals surface area contributed by atoms with Crippen LogP contribution in [0.5, 0.6) is 0 Å². The zero-order valence-corrected chi connectivity index (χ0v) is 19.8. The average molecular weight is 516 g/mol. The summed E-state index contributed by atoms with van der Waals surface area (Å²) in [6.07, 6.45) is 5.23. The van der Waals surface area contributed by atoms with E-state index in [1.54, 1.807) is 7.05 Å². The van der Waals surface area contributed by atoms with Crippen molar-refractivity contribution in [1.29, 1.82) is 0 Å². The molecule has 2 heterocycles.